The molecule has 23 heavy (non-hydrogen) atoms. The van der Waals surface area contributed by atoms with Gasteiger partial charge in [0.15, 0.2) is 0 Å². The molecule has 1 atom stereocenters. The molecule has 1 amide bonds. The first kappa shape index (κ1) is 17.5. The number of nitrogens with one attached hydrogen (secondary N) is 2. The van der Waals surface area contributed by atoms with Gasteiger partial charge in [0.2, 0.25) is 0 Å². The standard InChI is InChI=1S/C15H20N4O3.ClH/c16-12(9-1-2-9)8-17-15(20)10-3-6-13(18-11-4-5-11)14(7-10)19(21)22;/h3,6-7,9,11-12,18H,1-2,4-5,8,16H2,(H,17,20);1H. The Morgan fingerprint density at radius 3 is 2.61 bits per heavy atom. The van der Waals surface area contributed by atoms with E-state index in [0.717, 1.165) is 25.7 Å². The first-order valence-electron chi connectivity index (χ1n) is 7.63. The van der Waals surface area contributed by atoms with Crippen molar-refractivity contribution >= 4 is 29.7 Å². The number of halogens is 1. The van der Waals surface area contributed by atoms with Gasteiger partial charge in [-0.1, -0.05) is 0 Å². The van der Waals surface area contributed by atoms with Crippen molar-refractivity contribution in [2.75, 3.05) is 11.9 Å². The van der Waals surface area contributed by atoms with Crippen molar-refractivity contribution in [2.24, 2.45) is 11.7 Å². The average Bonchev–Trinajstić information content (AvgIpc) is 3.37. The summed E-state index contributed by atoms with van der Waals surface area (Å²) < 4.78 is 0. The number of nitrogens with zero attached hydrogens (tertiary/aromatic N) is 1. The Bertz CT molecular complexity index is 602. The van der Waals surface area contributed by atoms with Crippen molar-refractivity contribution in [3.63, 3.8) is 0 Å². The Morgan fingerprint density at radius 1 is 1.35 bits per heavy atom. The maximum atomic E-state index is 12.1. The lowest BCUT2D eigenvalue weighted by atomic mass is 10.1. The summed E-state index contributed by atoms with van der Waals surface area (Å²) in [6.07, 6.45) is 4.28. The molecule has 1 aromatic rings. The van der Waals surface area contributed by atoms with Crippen LogP contribution in [0.15, 0.2) is 18.2 Å². The van der Waals surface area contributed by atoms with Crippen molar-refractivity contribution in [3.8, 4) is 0 Å². The SMILES string of the molecule is Cl.NC(CNC(=O)c1ccc(NC2CC2)c([N+](=O)[O-])c1)C1CC1. The van der Waals surface area contributed by atoms with Crippen molar-refractivity contribution in [1.82, 2.24) is 5.32 Å². The van der Waals surface area contributed by atoms with Crippen molar-refractivity contribution < 1.29 is 9.72 Å². The Kier molecular flexibility index (Phi) is 5.43. The highest BCUT2D eigenvalue weighted by molar-refractivity contribution is 5.95. The molecule has 0 bridgehead atoms. The summed E-state index contributed by atoms with van der Waals surface area (Å²) in [5.41, 5.74) is 6.63. The summed E-state index contributed by atoms with van der Waals surface area (Å²) >= 11 is 0. The molecule has 0 radical (unpaired) electrons. The van der Waals surface area contributed by atoms with E-state index in [1.165, 1.54) is 6.07 Å². The summed E-state index contributed by atoms with van der Waals surface area (Å²) in [6.45, 7) is 0.402. The summed E-state index contributed by atoms with van der Waals surface area (Å²) in [5.74, 6) is 0.178. The molecule has 2 aliphatic carbocycles. The van der Waals surface area contributed by atoms with E-state index >= 15 is 0 Å². The summed E-state index contributed by atoms with van der Waals surface area (Å²) in [7, 11) is 0. The van der Waals surface area contributed by atoms with Gasteiger partial charge in [0.05, 0.1) is 4.92 Å². The lowest BCUT2D eigenvalue weighted by molar-refractivity contribution is -0.384. The molecule has 2 saturated carbocycles. The minimum absolute atomic E-state index is 0. The zero-order valence-corrected chi connectivity index (χ0v) is 13.5. The van der Waals surface area contributed by atoms with Crippen LogP contribution in [0.25, 0.3) is 0 Å². The minimum atomic E-state index is -0.461. The van der Waals surface area contributed by atoms with Gasteiger partial charge in [0, 0.05) is 30.3 Å². The number of nitro benzene ring substituents is 1. The Morgan fingerprint density at radius 2 is 2.04 bits per heavy atom. The topological polar surface area (TPSA) is 110 Å². The van der Waals surface area contributed by atoms with Gasteiger partial charge in [-0.05, 0) is 43.7 Å². The molecule has 0 saturated heterocycles. The highest BCUT2D eigenvalue weighted by Gasteiger charge is 2.29. The third kappa shape index (κ3) is 4.56. The van der Waals surface area contributed by atoms with E-state index in [-0.39, 0.29) is 35.6 Å². The van der Waals surface area contributed by atoms with E-state index in [2.05, 4.69) is 10.6 Å². The number of nitro groups is 1. The lowest BCUT2D eigenvalue weighted by Crippen LogP contribution is -2.38. The predicted molar refractivity (Wildman–Crippen MR) is 90.0 cm³/mol. The van der Waals surface area contributed by atoms with Crippen LogP contribution in [0.3, 0.4) is 0 Å². The number of benzene rings is 1. The molecule has 1 aromatic carbocycles. The molecule has 0 aromatic heterocycles. The van der Waals surface area contributed by atoms with Gasteiger partial charge >= 0.3 is 0 Å². The maximum Gasteiger partial charge on any atom is 0.293 e. The maximum absolute atomic E-state index is 12.1. The molecular weight excluding hydrogens is 320 g/mol. The highest BCUT2D eigenvalue weighted by Crippen LogP contribution is 2.32. The Labute approximate surface area is 140 Å². The lowest BCUT2D eigenvalue weighted by Gasteiger charge is -2.12. The van der Waals surface area contributed by atoms with Crippen LogP contribution in [0.5, 0.6) is 0 Å². The van der Waals surface area contributed by atoms with Crippen LogP contribution >= 0.6 is 12.4 Å². The van der Waals surface area contributed by atoms with E-state index in [1.807, 2.05) is 0 Å². The fraction of sp³-hybridized carbons (Fsp3) is 0.533. The third-order valence-electron chi connectivity index (χ3n) is 4.12. The molecule has 4 N–H and O–H groups in total. The van der Waals surface area contributed by atoms with Crippen LogP contribution in [0, 0.1) is 16.0 Å². The van der Waals surface area contributed by atoms with Crippen molar-refractivity contribution in [1.29, 1.82) is 0 Å². The van der Waals surface area contributed by atoms with Gasteiger partial charge in [0.1, 0.15) is 5.69 Å². The summed E-state index contributed by atoms with van der Waals surface area (Å²) in [4.78, 5) is 22.8. The first-order valence-corrected chi connectivity index (χ1v) is 7.63. The van der Waals surface area contributed by atoms with Gasteiger partial charge in [-0.25, -0.2) is 0 Å². The molecule has 0 aliphatic heterocycles. The second kappa shape index (κ2) is 7.14. The van der Waals surface area contributed by atoms with Crippen molar-refractivity contribution in [3.05, 3.63) is 33.9 Å². The smallest absolute Gasteiger partial charge is 0.293 e. The number of hydrogen-bond donors (Lipinski definition) is 3. The highest BCUT2D eigenvalue weighted by atomic mass is 35.5. The zero-order valence-electron chi connectivity index (χ0n) is 12.7. The van der Waals surface area contributed by atoms with E-state index in [1.54, 1.807) is 12.1 Å². The number of anilines is 1. The number of hydrogen-bond acceptors (Lipinski definition) is 5. The molecule has 8 heteroatoms. The molecule has 1 unspecified atom stereocenters. The van der Waals surface area contributed by atoms with Crippen LogP contribution in [0.4, 0.5) is 11.4 Å². The first-order chi connectivity index (χ1) is 10.5. The number of nitrogens with two attached hydrogens (primary N) is 1. The predicted octanol–water partition coefficient (Wildman–Crippen LogP) is 2.06. The fourth-order valence-electron chi connectivity index (χ4n) is 2.40. The summed E-state index contributed by atoms with van der Waals surface area (Å²) in [6, 6.07) is 4.81. The Balaban J connectivity index is 0.00000192. The number of rotatable bonds is 7. The molecular formula is C15H21ClN4O3. The second-order valence-corrected chi connectivity index (χ2v) is 6.12. The van der Waals surface area contributed by atoms with Gasteiger partial charge in [-0.15, -0.1) is 12.4 Å². The number of amides is 1. The third-order valence-corrected chi connectivity index (χ3v) is 4.12. The van der Waals surface area contributed by atoms with Gasteiger partial charge < -0.3 is 16.4 Å². The molecule has 0 spiro atoms. The van der Waals surface area contributed by atoms with Gasteiger partial charge in [0.25, 0.3) is 11.6 Å². The monoisotopic (exact) mass is 340 g/mol. The molecule has 3 rings (SSSR count). The molecule has 0 heterocycles. The van der Waals surface area contributed by atoms with Gasteiger partial charge in [-0.2, -0.15) is 0 Å². The number of carbonyl (C=O) groups excluding carboxylic acids is 1. The van der Waals surface area contributed by atoms with E-state index in [9.17, 15) is 14.9 Å². The quantitative estimate of drug-likeness (QED) is 0.519. The van der Waals surface area contributed by atoms with Crippen LogP contribution in [-0.2, 0) is 0 Å². The van der Waals surface area contributed by atoms with Crippen LogP contribution < -0.4 is 16.4 Å². The number of carbonyl (C=O) groups is 1. The van der Waals surface area contributed by atoms with E-state index < -0.39 is 4.92 Å². The van der Waals surface area contributed by atoms with E-state index in [0.29, 0.717) is 24.2 Å². The van der Waals surface area contributed by atoms with Crippen molar-refractivity contribution in [2.45, 2.75) is 37.8 Å². The fourth-order valence-corrected chi connectivity index (χ4v) is 2.40. The van der Waals surface area contributed by atoms with Gasteiger partial charge in [-0.3, -0.25) is 14.9 Å². The zero-order chi connectivity index (χ0) is 15.7. The minimum Gasteiger partial charge on any atom is -0.377 e. The van der Waals surface area contributed by atoms with Crippen LogP contribution in [0.1, 0.15) is 36.0 Å². The average molecular weight is 341 g/mol. The van der Waals surface area contributed by atoms with Crippen LogP contribution in [0.2, 0.25) is 0 Å². The molecule has 2 aliphatic rings. The second-order valence-electron chi connectivity index (χ2n) is 6.12. The normalized spacial score (nSPS) is 17.8. The molecule has 7 nitrogen and oxygen atoms in total. The largest absolute Gasteiger partial charge is 0.377 e. The molecule has 126 valence electrons. The van der Waals surface area contributed by atoms with E-state index in [4.69, 9.17) is 5.73 Å². The summed E-state index contributed by atoms with van der Waals surface area (Å²) in [5, 5.41) is 17.0. The molecule has 2 fully saturated rings. The Hall–Kier alpha value is -1.86. The van der Waals surface area contributed by atoms with Crippen LogP contribution in [-0.4, -0.2) is 29.5 Å².